The van der Waals surface area contributed by atoms with Crippen LogP contribution in [0.2, 0.25) is 0 Å². The van der Waals surface area contributed by atoms with Gasteiger partial charge in [0, 0.05) is 0 Å². The van der Waals surface area contributed by atoms with E-state index in [4.69, 9.17) is 0 Å². The molecular weight excluding hydrogens is 136 g/mol. The molecule has 11 heavy (non-hydrogen) atoms. The van der Waals surface area contributed by atoms with Crippen molar-refractivity contribution in [3.63, 3.8) is 0 Å². The van der Waals surface area contributed by atoms with E-state index in [1.54, 1.807) is 0 Å². The van der Waals surface area contributed by atoms with Gasteiger partial charge in [0.15, 0.2) is 0 Å². The van der Waals surface area contributed by atoms with E-state index in [1.165, 1.54) is 0 Å². The summed E-state index contributed by atoms with van der Waals surface area (Å²) in [5.41, 5.74) is 0. The molecule has 1 atom stereocenters. The smallest absolute Gasteiger partial charge is 0.0755 e. The Morgan fingerprint density at radius 1 is 1.36 bits per heavy atom. The van der Waals surface area contributed by atoms with Gasteiger partial charge in [-0.2, -0.15) is 0 Å². The number of hydrogen-bond acceptors (Lipinski definition) is 1. The zero-order valence-electron chi connectivity index (χ0n) is 7.46. The highest BCUT2D eigenvalue weighted by atomic mass is 16.3. The van der Waals surface area contributed by atoms with E-state index in [-0.39, 0.29) is 6.10 Å². The first kappa shape index (κ1) is 10.4. The van der Waals surface area contributed by atoms with Crippen molar-refractivity contribution in [3.8, 4) is 0 Å². The molecule has 64 valence electrons. The molecule has 0 heterocycles. The third-order valence-corrected chi connectivity index (χ3v) is 1.43. The van der Waals surface area contributed by atoms with Gasteiger partial charge in [-0.1, -0.05) is 37.6 Å². The summed E-state index contributed by atoms with van der Waals surface area (Å²) >= 11 is 0. The van der Waals surface area contributed by atoms with Crippen LogP contribution in [0.5, 0.6) is 0 Å². The quantitative estimate of drug-likeness (QED) is 0.604. The van der Waals surface area contributed by atoms with Crippen molar-refractivity contribution in [2.24, 2.45) is 0 Å². The molecule has 1 unspecified atom stereocenters. The molecule has 0 saturated carbocycles. The summed E-state index contributed by atoms with van der Waals surface area (Å²) < 4.78 is 0. The average Bonchev–Trinajstić information content (AvgIpc) is 2.01. The van der Waals surface area contributed by atoms with Crippen molar-refractivity contribution in [3.05, 3.63) is 24.3 Å². The molecule has 0 aromatic heterocycles. The van der Waals surface area contributed by atoms with Gasteiger partial charge in [-0.25, -0.2) is 0 Å². The minimum atomic E-state index is -0.294. The fraction of sp³-hybridized carbons (Fsp3) is 0.600. The van der Waals surface area contributed by atoms with Crippen molar-refractivity contribution < 1.29 is 5.11 Å². The Kier molecular flexibility index (Phi) is 7.16. The predicted octanol–water partition coefficient (Wildman–Crippen LogP) is 2.67. The van der Waals surface area contributed by atoms with Gasteiger partial charge < -0.3 is 5.11 Å². The van der Waals surface area contributed by atoms with Gasteiger partial charge in [-0.05, 0) is 19.8 Å². The van der Waals surface area contributed by atoms with E-state index in [9.17, 15) is 5.11 Å². The standard InChI is InChI=1S/C10H18O/c1-3-5-7-9-10(11)8-6-4-2/h4,6-7,9-11H,3,5,8H2,1-2H3/b6-4+,9-7+. The van der Waals surface area contributed by atoms with Gasteiger partial charge in [0.05, 0.1) is 6.10 Å². The number of rotatable bonds is 5. The van der Waals surface area contributed by atoms with Crippen molar-refractivity contribution in [1.29, 1.82) is 0 Å². The molecule has 0 saturated heterocycles. The van der Waals surface area contributed by atoms with Crippen LogP contribution >= 0.6 is 0 Å². The molecule has 0 aliphatic rings. The van der Waals surface area contributed by atoms with Crippen LogP contribution in [0.1, 0.15) is 33.1 Å². The van der Waals surface area contributed by atoms with E-state index >= 15 is 0 Å². The molecule has 0 aliphatic carbocycles. The van der Waals surface area contributed by atoms with Gasteiger partial charge in [-0.15, -0.1) is 0 Å². The zero-order valence-corrected chi connectivity index (χ0v) is 7.46. The summed E-state index contributed by atoms with van der Waals surface area (Å²) in [6.07, 6.45) is 10.5. The van der Waals surface area contributed by atoms with E-state index < -0.39 is 0 Å². The Labute approximate surface area is 69.4 Å². The second-order valence-corrected chi connectivity index (χ2v) is 2.59. The van der Waals surface area contributed by atoms with Gasteiger partial charge in [0.25, 0.3) is 0 Å². The van der Waals surface area contributed by atoms with Crippen LogP contribution in [-0.4, -0.2) is 11.2 Å². The largest absolute Gasteiger partial charge is 0.389 e. The molecule has 1 heteroatoms. The normalized spacial score (nSPS) is 14.8. The minimum Gasteiger partial charge on any atom is -0.389 e. The predicted molar refractivity (Wildman–Crippen MR) is 49.5 cm³/mol. The van der Waals surface area contributed by atoms with Gasteiger partial charge >= 0.3 is 0 Å². The molecule has 0 aromatic rings. The highest BCUT2D eigenvalue weighted by Crippen LogP contribution is 1.97. The van der Waals surface area contributed by atoms with Crippen molar-refractivity contribution >= 4 is 0 Å². The number of aliphatic hydroxyl groups excluding tert-OH is 1. The van der Waals surface area contributed by atoms with E-state index in [0.29, 0.717) is 0 Å². The highest BCUT2D eigenvalue weighted by molar-refractivity contribution is 4.93. The molecule has 1 N–H and O–H groups in total. The van der Waals surface area contributed by atoms with Gasteiger partial charge in [0.1, 0.15) is 0 Å². The van der Waals surface area contributed by atoms with Crippen LogP contribution in [-0.2, 0) is 0 Å². The third kappa shape index (κ3) is 7.34. The fourth-order valence-corrected chi connectivity index (χ4v) is 0.774. The molecule has 0 aromatic carbocycles. The van der Waals surface area contributed by atoms with Gasteiger partial charge in [-0.3, -0.25) is 0 Å². The first-order chi connectivity index (χ1) is 5.31. The Hall–Kier alpha value is -0.560. The molecule has 0 radical (unpaired) electrons. The van der Waals surface area contributed by atoms with Crippen molar-refractivity contribution in [1.82, 2.24) is 0 Å². The van der Waals surface area contributed by atoms with Crippen LogP contribution < -0.4 is 0 Å². The lowest BCUT2D eigenvalue weighted by atomic mass is 10.2. The molecule has 0 spiro atoms. The molecule has 1 nitrogen and oxygen atoms in total. The van der Waals surface area contributed by atoms with Gasteiger partial charge in [0.2, 0.25) is 0 Å². The summed E-state index contributed by atoms with van der Waals surface area (Å²) in [4.78, 5) is 0. The monoisotopic (exact) mass is 154 g/mol. The van der Waals surface area contributed by atoms with Crippen LogP contribution in [0.4, 0.5) is 0 Å². The Bertz CT molecular complexity index is 125. The lowest BCUT2D eigenvalue weighted by Gasteiger charge is -1.98. The summed E-state index contributed by atoms with van der Waals surface area (Å²) in [6.45, 7) is 4.09. The number of unbranched alkanes of at least 4 members (excludes halogenated alkanes) is 1. The highest BCUT2D eigenvalue weighted by Gasteiger charge is 1.92. The number of aliphatic hydroxyl groups is 1. The lowest BCUT2D eigenvalue weighted by molar-refractivity contribution is 0.226. The average molecular weight is 154 g/mol. The summed E-state index contributed by atoms with van der Waals surface area (Å²) in [6, 6.07) is 0. The first-order valence-electron chi connectivity index (χ1n) is 4.27. The summed E-state index contributed by atoms with van der Waals surface area (Å²) in [5.74, 6) is 0. The molecular formula is C10H18O. The van der Waals surface area contributed by atoms with Crippen molar-refractivity contribution in [2.45, 2.75) is 39.2 Å². The Morgan fingerprint density at radius 3 is 2.64 bits per heavy atom. The van der Waals surface area contributed by atoms with Crippen LogP contribution in [0.15, 0.2) is 24.3 Å². The zero-order chi connectivity index (χ0) is 8.53. The second-order valence-electron chi connectivity index (χ2n) is 2.59. The first-order valence-corrected chi connectivity index (χ1v) is 4.27. The number of allylic oxidation sites excluding steroid dienone is 2. The molecule has 0 rings (SSSR count). The van der Waals surface area contributed by atoms with E-state index in [0.717, 1.165) is 19.3 Å². The Balaban J connectivity index is 3.42. The van der Waals surface area contributed by atoms with Crippen LogP contribution in [0, 0.1) is 0 Å². The van der Waals surface area contributed by atoms with Crippen LogP contribution in [0.3, 0.4) is 0 Å². The fourth-order valence-electron chi connectivity index (χ4n) is 0.774. The van der Waals surface area contributed by atoms with E-state index in [1.807, 2.05) is 31.2 Å². The summed E-state index contributed by atoms with van der Waals surface area (Å²) in [5, 5.41) is 9.27. The third-order valence-electron chi connectivity index (χ3n) is 1.43. The number of hydrogen-bond donors (Lipinski definition) is 1. The minimum absolute atomic E-state index is 0.294. The SMILES string of the molecule is C/C=C/CC(O)/C=C/CCC. The molecule has 0 amide bonds. The van der Waals surface area contributed by atoms with Crippen LogP contribution in [0.25, 0.3) is 0 Å². The molecule has 0 bridgehead atoms. The second kappa shape index (κ2) is 7.55. The topological polar surface area (TPSA) is 20.2 Å². The maximum atomic E-state index is 9.27. The molecule has 0 aliphatic heterocycles. The maximum absolute atomic E-state index is 9.27. The molecule has 0 fully saturated rings. The lowest BCUT2D eigenvalue weighted by Crippen LogP contribution is -1.98. The van der Waals surface area contributed by atoms with Crippen molar-refractivity contribution in [2.75, 3.05) is 0 Å². The van der Waals surface area contributed by atoms with E-state index in [2.05, 4.69) is 6.92 Å². The summed E-state index contributed by atoms with van der Waals surface area (Å²) in [7, 11) is 0. The Morgan fingerprint density at radius 2 is 2.09 bits per heavy atom. The maximum Gasteiger partial charge on any atom is 0.0755 e.